The van der Waals surface area contributed by atoms with Gasteiger partial charge in [0.1, 0.15) is 13.2 Å². The Bertz CT molecular complexity index is 1580. The molecule has 0 spiro atoms. The van der Waals surface area contributed by atoms with E-state index in [0.29, 0.717) is 19.3 Å². The molecule has 6 heteroatoms. The Labute approximate surface area is 502 Å². The summed E-state index contributed by atoms with van der Waals surface area (Å²) >= 11 is 0. The lowest BCUT2D eigenvalue weighted by Crippen LogP contribution is -2.30. The van der Waals surface area contributed by atoms with Gasteiger partial charge in [-0.2, -0.15) is 0 Å². The molecule has 0 aromatic heterocycles. The summed E-state index contributed by atoms with van der Waals surface area (Å²) in [6, 6.07) is 0. The third-order valence-electron chi connectivity index (χ3n) is 15.1. The molecule has 0 saturated heterocycles. The van der Waals surface area contributed by atoms with Crippen molar-refractivity contribution in [3.63, 3.8) is 0 Å². The highest BCUT2D eigenvalue weighted by molar-refractivity contribution is 5.71. The molecule has 81 heavy (non-hydrogen) atoms. The van der Waals surface area contributed by atoms with Crippen LogP contribution in [0.25, 0.3) is 0 Å². The Morgan fingerprint density at radius 2 is 0.481 bits per heavy atom. The predicted octanol–water partition coefficient (Wildman–Crippen LogP) is 24.0. The molecule has 0 aromatic rings. The summed E-state index contributed by atoms with van der Waals surface area (Å²) in [4.78, 5) is 38.4. The number of allylic oxidation sites excluding steroid dienone is 16. The van der Waals surface area contributed by atoms with E-state index < -0.39 is 6.10 Å². The van der Waals surface area contributed by atoms with Crippen molar-refractivity contribution in [2.24, 2.45) is 0 Å². The molecule has 1 unspecified atom stereocenters. The van der Waals surface area contributed by atoms with Crippen LogP contribution < -0.4 is 0 Å². The van der Waals surface area contributed by atoms with Gasteiger partial charge in [0.25, 0.3) is 0 Å². The summed E-state index contributed by atoms with van der Waals surface area (Å²) in [5.74, 6) is -0.870. The van der Waals surface area contributed by atoms with E-state index >= 15 is 0 Å². The van der Waals surface area contributed by atoms with Crippen LogP contribution in [0.4, 0.5) is 0 Å². The number of rotatable bonds is 63. The second kappa shape index (κ2) is 68.8. The summed E-state index contributed by atoms with van der Waals surface area (Å²) < 4.78 is 17.0. The highest BCUT2D eigenvalue weighted by Crippen LogP contribution is 2.17. The van der Waals surface area contributed by atoms with Gasteiger partial charge in [-0.25, -0.2) is 0 Å². The number of hydrogen-bond acceptors (Lipinski definition) is 6. The Balaban J connectivity index is 4.29. The van der Waals surface area contributed by atoms with Crippen LogP contribution in [0.5, 0.6) is 0 Å². The van der Waals surface area contributed by atoms with E-state index in [0.717, 1.165) is 103 Å². The van der Waals surface area contributed by atoms with Gasteiger partial charge in [0.2, 0.25) is 0 Å². The molecule has 0 N–H and O–H groups in total. The van der Waals surface area contributed by atoms with Gasteiger partial charge in [0.05, 0.1) is 0 Å². The molecule has 0 radical (unpaired) electrons. The molecule has 0 bridgehead atoms. The lowest BCUT2D eigenvalue weighted by atomic mass is 10.0. The summed E-state index contributed by atoms with van der Waals surface area (Å²) in [6.07, 6.45) is 92.8. The molecule has 1 atom stereocenters. The molecule has 0 saturated carbocycles. The van der Waals surface area contributed by atoms with E-state index in [9.17, 15) is 14.4 Å². The zero-order valence-electron chi connectivity index (χ0n) is 53.5. The zero-order valence-corrected chi connectivity index (χ0v) is 53.5. The second-order valence-corrected chi connectivity index (χ2v) is 23.1. The van der Waals surface area contributed by atoms with Crippen molar-refractivity contribution >= 4 is 17.9 Å². The number of hydrogen-bond donors (Lipinski definition) is 0. The average molecular weight is 1130 g/mol. The van der Waals surface area contributed by atoms with Crippen LogP contribution in [0, 0.1) is 0 Å². The van der Waals surface area contributed by atoms with Gasteiger partial charge >= 0.3 is 17.9 Å². The first-order valence-electron chi connectivity index (χ1n) is 34.7. The second-order valence-electron chi connectivity index (χ2n) is 23.1. The third-order valence-corrected chi connectivity index (χ3v) is 15.1. The number of esters is 3. The van der Waals surface area contributed by atoms with Gasteiger partial charge in [0.15, 0.2) is 6.10 Å². The van der Waals surface area contributed by atoms with E-state index in [1.165, 1.54) is 199 Å². The van der Waals surface area contributed by atoms with Crippen molar-refractivity contribution in [2.75, 3.05) is 13.2 Å². The number of unbranched alkanes of at least 4 members (excludes halogenated alkanes) is 36. The van der Waals surface area contributed by atoms with Gasteiger partial charge in [-0.05, 0) is 103 Å². The lowest BCUT2D eigenvalue weighted by Gasteiger charge is -2.18. The molecule has 0 rings (SSSR count). The third kappa shape index (κ3) is 67.0. The fraction of sp³-hybridized carbons (Fsp3) is 0.747. The van der Waals surface area contributed by atoms with Crippen molar-refractivity contribution in [1.82, 2.24) is 0 Å². The van der Waals surface area contributed by atoms with Gasteiger partial charge in [-0.1, -0.05) is 317 Å². The van der Waals surface area contributed by atoms with E-state index in [4.69, 9.17) is 14.2 Å². The first-order chi connectivity index (χ1) is 40.0. The molecular weight excluding hydrogens is 997 g/mol. The quantitative estimate of drug-likeness (QED) is 0.0261. The van der Waals surface area contributed by atoms with Crippen LogP contribution in [-0.4, -0.2) is 37.2 Å². The molecule has 466 valence electrons. The number of ether oxygens (including phenoxy) is 3. The Morgan fingerprint density at radius 1 is 0.259 bits per heavy atom. The Hall–Kier alpha value is -3.67. The molecule has 0 aliphatic rings. The number of carbonyl (C=O) groups is 3. The van der Waals surface area contributed by atoms with Crippen molar-refractivity contribution in [3.05, 3.63) is 97.2 Å². The van der Waals surface area contributed by atoms with E-state index in [-0.39, 0.29) is 31.1 Å². The molecule has 0 fully saturated rings. The van der Waals surface area contributed by atoms with Gasteiger partial charge in [-0.3, -0.25) is 14.4 Å². The fourth-order valence-corrected chi connectivity index (χ4v) is 9.89. The van der Waals surface area contributed by atoms with Gasteiger partial charge in [-0.15, -0.1) is 0 Å². The van der Waals surface area contributed by atoms with Crippen molar-refractivity contribution in [3.8, 4) is 0 Å². The van der Waals surface area contributed by atoms with E-state index in [1.807, 2.05) is 0 Å². The molecule has 6 nitrogen and oxygen atoms in total. The molecule has 0 aromatic carbocycles. The van der Waals surface area contributed by atoms with Crippen LogP contribution >= 0.6 is 0 Å². The first-order valence-corrected chi connectivity index (χ1v) is 34.7. The highest BCUT2D eigenvalue weighted by atomic mass is 16.6. The summed E-state index contributed by atoms with van der Waals surface area (Å²) in [7, 11) is 0. The van der Waals surface area contributed by atoms with Gasteiger partial charge in [0, 0.05) is 19.3 Å². The summed E-state index contributed by atoms with van der Waals surface area (Å²) in [6.45, 7) is 6.55. The minimum atomic E-state index is -0.782. The minimum Gasteiger partial charge on any atom is -0.462 e. The van der Waals surface area contributed by atoms with Crippen LogP contribution in [0.15, 0.2) is 97.2 Å². The van der Waals surface area contributed by atoms with Crippen LogP contribution in [0.1, 0.15) is 342 Å². The normalized spacial score (nSPS) is 12.7. The standard InChI is InChI=1S/C75H130O6/c1-4-7-10-13-16-19-22-25-27-29-31-33-34-35-36-37-38-39-40-42-43-45-47-50-53-56-59-62-65-68-74(77)80-71-72(70-79-73(76)67-64-61-58-55-52-49-24-21-18-15-12-9-6-3)81-75(78)69-66-63-60-57-54-51-48-46-44-41-32-30-28-26-23-20-17-14-11-8-5-2/h7,10,16,19,23,25-27,30-33,35-36,38-39,72H,4-6,8-9,11-15,17-18,20-22,24,28-29,34,37,40-71H2,1-3H3/b10-7-,19-16-,26-23-,27-25-,32-30-,33-31-,36-35-,39-38-. The molecule has 0 aliphatic carbocycles. The van der Waals surface area contributed by atoms with Gasteiger partial charge < -0.3 is 14.2 Å². The minimum absolute atomic E-state index is 0.0767. The first kappa shape index (κ1) is 77.3. The smallest absolute Gasteiger partial charge is 0.306 e. The summed E-state index contributed by atoms with van der Waals surface area (Å²) in [5, 5.41) is 0. The zero-order chi connectivity index (χ0) is 58.5. The number of carbonyl (C=O) groups excluding carboxylic acids is 3. The molecule has 0 aliphatic heterocycles. The summed E-state index contributed by atoms with van der Waals surface area (Å²) in [5.41, 5.74) is 0. The van der Waals surface area contributed by atoms with E-state index in [2.05, 4.69) is 118 Å². The monoisotopic (exact) mass is 1130 g/mol. The largest absolute Gasteiger partial charge is 0.462 e. The van der Waals surface area contributed by atoms with Crippen LogP contribution in [0.2, 0.25) is 0 Å². The molecule has 0 heterocycles. The highest BCUT2D eigenvalue weighted by Gasteiger charge is 2.19. The van der Waals surface area contributed by atoms with E-state index in [1.54, 1.807) is 0 Å². The Kier molecular flexibility index (Phi) is 65.7. The van der Waals surface area contributed by atoms with Crippen molar-refractivity contribution in [1.29, 1.82) is 0 Å². The topological polar surface area (TPSA) is 78.9 Å². The molecule has 0 amide bonds. The lowest BCUT2D eigenvalue weighted by molar-refractivity contribution is -0.167. The van der Waals surface area contributed by atoms with Crippen LogP contribution in [0.3, 0.4) is 0 Å². The SMILES string of the molecule is CC/C=C\C/C=C\C/C=C\C/C=C\C/C=C\C/C=C\CCCCCCCCCCCCC(=O)OCC(COC(=O)CCCCCCCCCCCCCCC)OC(=O)CCCCCCCCCCC/C=C\C/C=C\CCCCCCC. The maximum absolute atomic E-state index is 12.9. The predicted molar refractivity (Wildman–Crippen MR) is 353 cm³/mol. The average Bonchev–Trinajstić information content (AvgIpc) is 3.46. The van der Waals surface area contributed by atoms with Crippen LogP contribution in [-0.2, 0) is 28.6 Å². The van der Waals surface area contributed by atoms with Crippen molar-refractivity contribution < 1.29 is 28.6 Å². The molecular formula is C75H130O6. The maximum atomic E-state index is 12.9. The maximum Gasteiger partial charge on any atom is 0.306 e. The van der Waals surface area contributed by atoms with Crippen molar-refractivity contribution in [2.45, 2.75) is 348 Å². The Morgan fingerprint density at radius 3 is 0.753 bits per heavy atom. The fourth-order valence-electron chi connectivity index (χ4n) is 9.89.